The van der Waals surface area contributed by atoms with Crippen molar-refractivity contribution in [2.45, 2.75) is 6.61 Å². The van der Waals surface area contributed by atoms with Crippen LogP contribution in [0.25, 0.3) is 0 Å². The Morgan fingerprint density at radius 2 is 1.48 bits per heavy atom. The van der Waals surface area contributed by atoms with Crippen LogP contribution in [0.1, 0.15) is 15.9 Å². The minimum Gasteiger partial charge on any atom is -0.506 e. The number of aliphatic hydroxyl groups excluding tert-OH is 1. The van der Waals surface area contributed by atoms with Gasteiger partial charge in [-0.3, -0.25) is 0 Å². The van der Waals surface area contributed by atoms with Gasteiger partial charge >= 0.3 is 5.97 Å². The number of hydrogen-bond acceptors (Lipinski definition) is 3. The van der Waals surface area contributed by atoms with Crippen LogP contribution in [0.4, 0.5) is 0 Å². The monoisotopic (exact) mass is 348 g/mol. The highest BCUT2D eigenvalue weighted by atomic mass is 35.5. The Morgan fingerprint density at radius 1 is 0.952 bits per heavy atom. The molecule has 112 valence electrons. The molecule has 2 aromatic rings. The van der Waals surface area contributed by atoms with E-state index in [1.165, 1.54) is 24.3 Å². The molecule has 2 aromatic carbocycles. The third-order valence-corrected chi connectivity index (χ3v) is 3.40. The quantitative estimate of drug-likeness (QED) is 0.709. The predicted octanol–water partition coefficient (Wildman–Crippen LogP) is 4.23. The van der Waals surface area contributed by atoms with Crippen LogP contribution in [0.2, 0.25) is 15.1 Å². The van der Waals surface area contributed by atoms with Gasteiger partial charge in [-0.15, -0.1) is 0 Å². The number of phenols is 1. The molecule has 0 aliphatic carbocycles. The minimum absolute atomic E-state index is 0.0557. The molecule has 0 bridgehead atoms. The molecule has 0 heterocycles. The fourth-order valence-electron chi connectivity index (χ4n) is 1.26. The average molecular weight is 350 g/mol. The molecular formula is C14H11Cl3O4. The molecule has 0 saturated carbocycles. The molecule has 0 fully saturated rings. The zero-order valence-electron chi connectivity index (χ0n) is 10.6. The molecule has 0 amide bonds. The van der Waals surface area contributed by atoms with Crippen LogP contribution in [0.5, 0.6) is 5.75 Å². The van der Waals surface area contributed by atoms with E-state index in [1.54, 1.807) is 12.1 Å². The molecule has 0 aliphatic rings. The first-order valence-electron chi connectivity index (χ1n) is 5.61. The van der Waals surface area contributed by atoms with Crippen molar-refractivity contribution in [2.24, 2.45) is 0 Å². The van der Waals surface area contributed by atoms with Gasteiger partial charge in [-0.1, -0.05) is 46.9 Å². The minimum atomic E-state index is -0.950. The number of benzene rings is 2. The Labute approximate surface area is 136 Å². The molecule has 0 unspecified atom stereocenters. The zero-order chi connectivity index (χ0) is 16.0. The maximum absolute atomic E-state index is 10.3. The number of halogens is 3. The highest BCUT2D eigenvalue weighted by molar-refractivity contribution is 6.43. The number of hydrogen-bond donors (Lipinski definition) is 3. The second-order valence-corrected chi connectivity index (χ2v) is 5.10. The van der Waals surface area contributed by atoms with Crippen molar-refractivity contribution in [1.29, 1.82) is 0 Å². The van der Waals surface area contributed by atoms with E-state index in [9.17, 15) is 4.79 Å². The first-order valence-corrected chi connectivity index (χ1v) is 6.75. The molecule has 7 heteroatoms. The van der Waals surface area contributed by atoms with Gasteiger partial charge < -0.3 is 15.3 Å². The average Bonchev–Trinajstić information content (AvgIpc) is 2.46. The number of carboxylic acid groups (broad SMARTS) is 1. The lowest BCUT2D eigenvalue weighted by Gasteiger charge is -1.97. The number of carboxylic acids is 1. The summed E-state index contributed by atoms with van der Waals surface area (Å²) in [4.78, 5) is 10.3. The number of rotatable bonds is 2. The molecule has 0 aliphatic heterocycles. The Morgan fingerprint density at radius 3 is 1.90 bits per heavy atom. The Hall–Kier alpha value is -1.46. The predicted molar refractivity (Wildman–Crippen MR) is 82.5 cm³/mol. The molecule has 2 rings (SSSR count). The SMILES string of the molecule is O=C(O)c1ccc(CO)cc1.Oc1cc(Cl)c(Cl)cc1Cl. The Balaban J connectivity index is 0.000000211. The second kappa shape index (κ2) is 8.10. The first kappa shape index (κ1) is 17.6. The summed E-state index contributed by atoms with van der Waals surface area (Å²) in [6, 6.07) is 8.79. The van der Waals surface area contributed by atoms with Crippen molar-refractivity contribution in [3.63, 3.8) is 0 Å². The highest BCUT2D eigenvalue weighted by Crippen LogP contribution is 2.32. The van der Waals surface area contributed by atoms with E-state index in [2.05, 4.69) is 0 Å². The van der Waals surface area contributed by atoms with Gasteiger partial charge in [0.2, 0.25) is 0 Å². The third kappa shape index (κ3) is 5.44. The van der Waals surface area contributed by atoms with E-state index < -0.39 is 5.97 Å². The van der Waals surface area contributed by atoms with Gasteiger partial charge in [-0.25, -0.2) is 4.79 Å². The summed E-state index contributed by atoms with van der Waals surface area (Å²) in [5.74, 6) is -1.01. The van der Waals surface area contributed by atoms with Crippen LogP contribution in [-0.4, -0.2) is 21.3 Å². The topological polar surface area (TPSA) is 77.8 Å². The van der Waals surface area contributed by atoms with Crippen LogP contribution >= 0.6 is 34.8 Å². The summed E-state index contributed by atoms with van der Waals surface area (Å²) >= 11 is 16.6. The van der Waals surface area contributed by atoms with Crippen molar-refractivity contribution in [3.05, 3.63) is 62.6 Å². The lowest BCUT2D eigenvalue weighted by Crippen LogP contribution is -1.95. The molecule has 0 atom stereocenters. The van der Waals surface area contributed by atoms with E-state index in [4.69, 9.17) is 50.1 Å². The van der Waals surface area contributed by atoms with Gasteiger partial charge in [-0.2, -0.15) is 0 Å². The van der Waals surface area contributed by atoms with Crippen molar-refractivity contribution >= 4 is 40.8 Å². The maximum atomic E-state index is 10.3. The van der Waals surface area contributed by atoms with Crippen molar-refractivity contribution < 1.29 is 20.1 Å². The van der Waals surface area contributed by atoms with Gasteiger partial charge in [0.15, 0.2) is 0 Å². The van der Waals surface area contributed by atoms with Gasteiger partial charge in [-0.05, 0) is 23.8 Å². The highest BCUT2D eigenvalue weighted by Gasteiger charge is 2.03. The van der Waals surface area contributed by atoms with Crippen LogP contribution < -0.4 is 0 Å². The van der Waals surface area contributed by atoms with Crippen LogP contribution in [0.15, 0.2) is 36.4 Å². The smallest absolute Gasteiger partial charge is 0.335 e. The summed E-state index contributed by atoms with van der Waals surface area (Å²) in [6.07, 6.45) is 0. The summed E-state index contributed by atoms with van der Waals surface area (Å²) in [7, 11) is 0. The lowest BCUT2D eigenvalue weighted by atomic mass is 10.1. The van der Waals surface area contributed by atoms with Gasteiger partial charge in [0, 0.05) is 6.07 Å². The van der Waals surface area contributed by atoms with Crippen molar-refractivity contribution in [2.75, 3.05) is 0 Å². The molecular weight excluding hydrogens is 339 g/mol. The Kier molecular flexibility index (Phi) is 6.78. The summed E-state index contributed by atoms with van der Waals surface area (Å²) < 4.78 is 0. The second-order valence-electron chi connectivity index (χ2n) is 3.88. The van der Waals surface area contributed by atoms with E-state index in [0.29, 0.717) is 10.0 Å². The zero-order valence-corrected chi connectivity index (χ0v) is 12.8. The maximum Gasteiger partial charge on any atom is 0.335 e. The fraction of sp³-hybridized carbons (Fsp3) is 0.0714. The van der Waals surface area contributed by atoms with Crippen molar-refractivity contribution in [3.8, 4) is 5.75 Å². The van der Waals surface area contributed by atoms with E-state index in [0.717, 1.165) is 5.56 Å². The summed E-state index contributed by atoms with van der Waals surface area (Å²) in [6.45, 7) is -0.0557. The fourth-order valence-corrected chi connectivity index (χ4v) is 1.81. The normalized spacial score (nSPS) is 9.71. The largest absolute Gasteiger partial charge is 0.506 e. The third-order valence-electron chi connectivity index (χ3n) is 2.37. The number of aromatic carboxylic acids is 1. The number of aromatic hydroxyl groups is 1. The molecule has 4 nitrogen and oxygen atoms in total. The molecule has 0 aromatic heterocycles. The van der Waals surface area contributed by atoms with Gasteiger partial charge in [0.05, 0.1) is 27.2 Å². The first-order chi connectivity index (χ1) is 9.85. The summed E-state index contributed by atoms with van der Waals surface area (Å²) in [5, 5.41) is 26.9. The van der Waals surface area contributed by atoms with Gasteiger partial charge in [0.1, 0.15) is 5.75 Å². The number of phenolic OH excluding ortho intramolecular Hbond substituents is 1. The van der Waals surface area contributed by atoms with Crippen LogP contribution in [-0.2, 0) is 6.61 Å². The number of carbonyl (C=O) groups is 1. The van der Waals surface area contributed by atoms with E-state index in [-0.39, 0.29) is 22.9 Å². The van der Waals surface area contributed by atoms with Crippen LogP contribution in [0.3, 0.4) is 0 Å². The lowest BCUT2D eigenvalue weighted by molar-refractivity contribution is 0.0697. The summed E-state index contributed by atoms with van der Waals surface area (Å²) in [5.41, 5.74) is 0.956. The van der Waals surface area contributed by atoms with Crippen LogP contribution in [0, 0.1) is 0 Å². The number of aliphatic hydroxyl groups is 1. The Bertz CT molecular complexity index is 577. The molecule has 3 N–H and O–H groups in total. The standard InChI is InChI=1S/C8H8O3.C6H3Cl3O/c9-5-6-1-3-7(4-2-6)8(10)11;7-3-1-5(9)6(10)2-4(3)8/h1-4,9H,5H2,(H,10,11);1-2,10H. The van der Waals surface area contributed by atoms with E-state index in [1.807, 2.05) is 0 Å². The van der Waals surface area contributed by atoms with Crippen molar-refractivity contribution in [1.82, 2.24) is 0 Å². The molecule has 0 spiro atoms. The van der Waals surface area contributed by atoms with E-state index >= 15 is 0 Å². The molecule has 21 heavy (non-hydrogen) atoms. The molecule has 0 saturated heterocycles. The molecule has 0 radical (unpaired) electrons. The van der Waals surface area contributed by atoms with Gasteiger partial charge in [0.25, 0.3) is 0 Å².